The molecule has 2 amide bonds. The minimum atomic E-state index is -0.0439. The van der Waals surface area contributed by atoms with Crippen molar-refractivity contribution in [1.82, 2.24) is 15.1 Å². The van der Waals surface area contributed by atoms with E-state index in [0.717, 1.165) is 54.7 Å². The van der Waals surface area contributed by atoms with Gasteiger partial charge in [-0.1, -0.05) is 91.0 Å². The van der Waals surface area contributed by atoms with Gasteiger partial charge in [0.15, 0.2) is 0 Å². The fraction of sp³-hybridized carbons (Fsp3) is 0.263. The zero-order valence-corrected chi connectivity index (χ0v) is 24.8. The highest BCUT2D eigenvalue weighted by atomic mass is 16.2. The molecule has 0 bridgehead atoms. The van der Waals surface area contributed by atoms with Gasteiger partial charge in [-0.25, -0.2) is 0 Å². The number of nitrogens with zero attached hydrogens (tertiary/aromatic N) is 2. The van der Waals surface area contributed by atoms with E-state index < -0.39 is 0 Å². The second-order valence-corrected chi connectivity index (χ2v) is 11.2. The average molecular weight is 572 g/mol. The Balaban J connectivity index is 1.26. The molecule has 0 unspecified atom stereocenters. The Bertz CT molecular complexity index is 1490. The van der Waals surface area contributed by atoms with Crippen molar-refractivity contribution >= 4 is 17.9 Å². The lowest BCUT2D eigenvalue weighted by atomic mass is 10.0. The highest BCUT2D eigenvalue weighted by Gasteiger charge is 2.14. The van der Waals surface area contributed by atoms with Gasteiger partial charge in [-0.05, 0) is 90.9 Å². The Labute approximate surface area is 255 Å². The Morgan fingerprint density at radius 2 is 1.44 bits per heavy atom. The van der Waals surface area contributed by atoms with Crippen LogP contribution in [0.4, 0.5) is 0 Å². The van der Waals surface area contributed by atoms with Crippen LogP contribution in [-0.4, -0.2) is 54.3 Å². The summed E-state index contributed by atoms with van der Waals surface area (Å²) in [5.41, 5.74) is 6.01. The van der Waals surface area contributed by atoms with Crippen LogP contribution < -0.4 is 5.32 Å². The molecule has 1 heterocycles. The van der Waals surface area contributed by atoms with E-state index in [1.807, 2.05) is 77.7 Å². The maximum atomic E-state index is 13.4. The van der Waals surface area contributed by atoms with E-state index in [1.54, 1.807) is 6.08 Å². The molecule has 1 fully saturated rings. The molecule has 0 aliphatic carbocycles. The smallest absolute Gasteiger partial charge is 0.251 e. The van der Waals surface area contributed by atoms with Gasteiger partial charge in [-0.15, -0.1) is 0 Å². The van der Waals surface area contributed by atoms with E-state index in [4.69, 9.17) is 0 Å². The lowest BCUT2D eigenvalue weighted by molar-refractivity contribution is -0.126. The number of amides is 2. The van der Waals surface area contributed by atoms with Gasteiger partial charge in [0, 0.05) is 37.8 Å². The number of likely N-dealkylation sites (tertiary alicyclic amines) is 1. The van der Waals surface area contributed by atoms with Crippen LogP contribution in [0.25, 0.3) is 17.2 Å². The molecule has 43 heavy (non-hydrogen) atoms. The van der Waals surface area contributed by atoms with Crippen LogP contribution in [0.2, 0.25) is 0 Å². The molecule has 5 nitrogen and oxygen atoms in total. The zero-order valence-electron chi connectivity index (χ0n) is 24.8. The molecule has 220 valence electrons. The summed E-state index contributed by atoms with van der Waals surface area (Å²) in [4.78, 5) is 30.6. The van der Waals surface area contributed by atoms with Crippen molar-refractivity contribution in [3.05, 3.63) is 138 Å². The van der Waals surface area contributed by atoms with Crippen LogP contribution in [0.15, 0.2) is 115 Å². The van der Waals surface area contributed by atoms with Crippen LogP contribution >= 0.6 is 0 Å². The lowest BCUT2D eigenvalue weighted by Crippen LogP contribution is -2.33. The monoisotopic (exact) mass is 571 g/mol. The summed E-state index contributed by atoms with van der Waals surface area (Å²) in [6, 6.07) is 36.4. The summed E-state index contributed by atoms with van der Waals surface area (Å²) in [6.07, 6.45) is 7.85. The minimum absolute atomic E-state index is 0.00471. The number of carbonyl (C=O) groups excluding carboxylic acids is 2. The van der Waals surface area contributed by atoms with Gasteiger partial charge in [-0.2, -0.15) is 0 Å². The Kier molecular flexibility index (Phi) is 10.9. The van der Waals surface area contributed by atoms with Gasteiger partial charge in [0.2, 0.25) is 5.91 Å². The number of nitrogens with one attached hydrogen (secondary N) is 1. The van der Waals surface area contributed by atoms with Crippen LogP contribution in [0.3, 0.4) is 0 Å². The molecule has 5 rings (SSSR count). The lowest BCUT2D eigenvalue weighted by Gasteiger charge is -2.22. The van der Waals surface area contributed by atoms with Crippen LogP contribution in [0, 0.1) is 0 Å². The van der Waals surface area contributed by atoms with E-state index in [1.165, 1.54) is 18.4 Å². The first kappa shape index (κ1) is 30.0. The van der Waals surface area contributed by atoms with Crippen LogP contribution in [0.5, 0.6) is 0 Å². The number of carbonyl (C=O) groups is 2. The van der Waals surface area contributed by atoms with E-state index >= 15 is 0 Å². The van der Waals surface area contributed by atoms with Crippen molar-refractivity contribution in [3.63, 3.8) is 0 Å². The molecular weight excluding hydrogens is 530 g/mol. The molecule has 0 saturated carbocycles. The first-order valence-electron chi connectivity index (χ1n) is 15.4. The SMILES string of the molecule is O=C(NCCN1CCCC1)c1cccc(-c2cccc(CN(CCCc3ccccc3)C(=O)C=Cc3ccccc3)c2)c1. The first-order chi connectivity index (χ1) is 21.1. The second kappa shape index (κ2) is 15.7. The number of rotatable bonds is 13. The summed E-state index contributed by atoms with van der Waals surface area (Å²) >= 11 is 0. The molecule has 4 aromatic rings. The van der Waals surface area contributed by atoms with Crippen LogP contribution in [-0.2, 0) is 17.8 Å². The third-order valence-corrected chi connectivity index (χ3v) is 7.94. The predicted molar refractivity (Wildman–Crippen MR) is 176 cm³/mol. The van der Waals surface area contributed by atoms with Crippen molar-refractivity contribution in [3.8, 4) is 11.1 Å². The quantitative estimate of drug-likeness (QED) is 0.179. The largest absolute Gasteiger partial charge is 0.351 e. The maximum absolute atomic E-state index is 13.4. The van der Waals surface area contributed by atoms with Crippen molar-refractivity contribution < 1.29 is 9.59 Å². The molecule has 0 spiro atoms. The van der Waals surface area contributed by atoms with Crippen molar-refractivity contribution in [2.75, 3.05) is 32.7 Å². The average Bonchev–Trinajstić information content (AvgIpc) is 3.58. The van der Waals surface area contributed by atoms with Gasteiger partial charge in [0.25, 0.3) is 5.91 Å². The summed E-state index contributed by atoms with van der Waals surface area (Å²) in [5, 5.41) is 3.08. The van der Waals surface area contributed by atoms with Crippen molar-refractivity contribution in [2.45, 2.75) is 32.2 Å². The number of hydrogen-bond donors (Lipinski definition) is 1. The minimum Gasteiger partial charge on any atom is -0.351 e. The van der Waals surface area contributed by atoms with Gasteiger partial charge in [0.05, 0.1) is 0 Å². The molecule has 0 radical (unpaired) electrons. The molecule has 1 aliphatic rings. The zero-order chi connectivity index (χ0) is 29.7. The normalized spacial score (nSPS) is 13.3. The molecule has 1 saturated heterocycles. The van der Waals surface area contributed by atoms with E-state index in [-0.39, 0.29) is 11.8 Å². The molecule has 4 aromatic carbocycles. The topological polar surface area (TPSA) is 52.7 Å². The van der Waals surface area contributed by atoms with Gasteiger partial charge in [-0.3, -0.25) is 9.59 Å². The van der Waals surface area contributed by atoms with Gasteiger partial charge >= 0.3 is 0 Å². The summed E-state index contributed by atoms with van der Waals surface area (Å²) in [6.45, 7) is 4.98. The van der Waals surface area contributed by atoms with E-state index in [2.05, 4.69) is 52.7 Å². The second-order valence-electron chi connectivity index (χ2n) is 11.2. The standard InChI is InChI=1S/C38H41N3O2/c42-37(22-21-32-14-5-2-6-15-32)41(26-11-17-31-12-3-1-4-13-31)30-33-16-9-18-34(28-33)35-19-10-20-36(29-35)38(43)39-23-27-40-24-7-8-25-40/h1-6,9-10,12-16,18-22,28-29H,7-8,11,17,23-27,30H2,(H,39,43). The van der Waals surface area contributed by atoms with E-state index in [9.17, 15) is 9.59 Å². The van der Waals surface area contributed by atoms with Crippen molar-refractivity contribution in [1.29, 1.82) is 0 Å². The Morgan fingerprint density at radius 3 is 2.21 bits per heavy atom. The van der Waals surface area contributed by atoms with Crippen LogP contribution in [0.1, 0.15) is 46.3 Å². The molecular formula is C38H41N3O2. The fourth-order valence-corrected chi connectivity index (χ4v) is 5.57. The van der Waals surface area contributed by atoms with Gasteiger partial charge in [0.1, 0.15) is 0 Å². The van der Waals surface area contributed by atoms with Crippen molar-refractivity contribution in [2.24, 2.45) is 0 Å². The summed E-state index contributed by atoms with van der Waals surface area (Å²) < 4.78 is 0. The molecule has 5 heteroatoms. The molecule has 1 N–H and O–H groups in total. The number of hydrogen-bond acceptors (Lipinski definition) is 3. The third-order valence-electron chi connectivity index (χ3n) is 7.94. The molecule has 0 aromatic heterocycles. The third kappa shape index (κ3) is 9.25. The molecule has 1 aliphatic heterocycles. The predicted octanol–water partition coefficient (Wildman–Crippen LogP) is 6.85. The Hall–Kier alpha value is -4.48. The summed E-state index contributed by atoms with van der Waals surface area (Å²) in [5.74, 6) is -0.0486. The fourth-order valence-electron chi connectivity index (χ4n) is 5.57. The highest BCUT2D eigenvalue weighted by Crippen LogP contribution is 2.23. The van der Waals surface area contributed by atoms with E-state index in [0.29, 0.717) is 25.2 Å². The molecule has 0 atom stereocenters. The van der Waals surface area contributed by atoms with Gasteiger partial charge < -0.3 is 15.1 Å². The number of benzene rings is 4. The summed E-state index contributed by atoms with van der Waals surface area (Å²) in [7, 11) is 0. The maximum Gasteiger partial charge on any atom is 0.251 e. The highest BCUT2D eigenvalue weighted by molar-refractivity contribution is 5.95. The first-order valence-corrected chi connectivity index (χ1v) is 15.4. The number of aryl methyl sites for hydroxylation is 1. The Morgan fingerprint density at radius 1 is 0.767 bits per heavy atom.